The normalized spacial score (nSPS) is 11.3. The van der Waals surface area contributed by atoms with Crippen molar-refractivity contribution in [1.82, 2.24) is 0 Å². The van der Waals surface area contributed by atoms with Gasteiger partial charge in [0.2, 0.25) is 0 Å². The summed E-state index contributed by atoms with van der Waals surface area (Å²) in [6.45, 7) is 0. The molecule has 8 aromatic carbocycles. The van der Waals surface area contributed by atoms with Crippen LogP contribution in [0.3, 0.4) is 0 Å². The minimum absolute atomic E-state index is 1.07. The van der Waals surface area contributed by atoms with E-state index in [-0.39, 0.29) is 0 Å². The number of fused-ring (bicyclic) bond motifs is 4. The predicted molar refractivity (Wildman–Crippen MR) is 185 cm³/mol. The van der Waals surface area contributed by atoms with Crippen LogP contribution in [0, 0.1) is 0 Å². The number of hydrogen-bond acceptors (Lipinski definition) is 1. The molecule has 1 nitrogen and oxygen atoms in total. The van der Waals surface area contributed by atoms with Gasteiger partial charge in [0, 0.05) is 11.4 Å². The summed E-state index contributed by atoms with van der Waals surface area (Å²) < 4.78 is 0. The van der Waals surface area contributed by atoms with Crippen LogP contribution in [0.2, 0.25) is 0 Å². The predicted octanol–water partition coefficient (Wildman–Crippen LogP) is 11.9. The molecule has 0 atom stereocenters. The Morgan fingerprint density at radius 1 is 0.279 bits per heavy atom. The Labute approximate surface area is 251 Å². The molecule has 202 valence electrons. The van der Waals surface area contributed by atoms with Gasteiger partial charge in [0.25, 0.3) is 0 Å². The molecule has 0 aromatic heterocycles. The fourth-order valence-corrected chi connectivity index (χ4v) is 6.26. The third-order valence-electron chi connectivity index (χ3n) is 8.44. The number of benzene rings is 8. The smallest absolute Gasteiger partial charge is 0.0384 e. The fourth-order valence-electron chi connectivity index (χ4n) is 6.26. The molecule has 0 bridgehead atoms. The molecular weight excluding hydrogens is 518 g/mol. The van der Waals surface area contributed by atoms with Crippen LogP contribution in [0.5, 0.6) is 0 Å². The van der Waals surface area contributed by atoms with Crippen molar-refractivity contribution in [1.29, 1.82) is 0 Å². The Kier molecular flexibility index (Phi) is 6.20. The lowest BCUT2D eigenvalue weighted by Gasteiger charge is -2.15. The van der Waals surface area contributed by atoms with E-state index < -0.39 is 0 Å². The number of nitrogens with one attached hydrogen (secondary N) is 1. The molecule has 0 aliphatic rings. The third-order valence-corrected chi connectivity index (χ3v) is 8.44. The highest BCUT2D eigenvalue weighted by Crippen LogP contribution is 2.39. The summed E-state index contributed by atoms with van der Waals surface area (Å²) in [7, 11) is 0. The van der Waals surface area contributed by atoms with Crippen LogP contribution >= 0.6 is 0 Å². The third kappa shape index (κ3) is 4.71. The van der Waals surface area contributed by atoms with Gasteiger partial charge in [-0.15, -0.1) is 0 Å². The van der Waals surface area contributed by atoms with Crippen LogP contribution < -0.4 is 5.32 Å². The zero-order chi connectivity index (χ0) is 28.6. The highest BCUT2D eigenvalue weighted by Gasteiger charge is 2.13. The van der Waals surface area contributed by atoms with Crippen molar-refractivity contribution in [2.45, 2.75) is 0 Å². The Morgan fingerprint density at radius 3 is 1.56 bits per heavy atom. The Hall–Kier alpha value is -5.66. The van der Waals surface area contributed by atoms with Gasteiger partial charge in [0.05, 0.1) is 0 Å². The van der Waals surface area contributed by atoms with Crippen LogP contribution in [-0.4, -0.2) is 0 Å². The first-order chi connectivity index (χ1) is 21.3. The highest BCUT2D eigenvalue weighted by molar-refractivity contribution is 6.14. The van der Waals surface area contributed by atoms with E-state index in [4.69, 9.17) is 0 Å². The van der Waals surface area contributed by atoms with Crippen LogP contribution in [0.15, 0.2) is 170 Å². The van der Waals surface area contributed by atoms with E-state index in [1.54, 1.807) is 0 Å². The van der Waals surface area contributed by atoms with Gasteiger partial charge >= 0.3 is 0 Å². The zero-order valence-corrected chi connectivity index (χ0v) is 23.7. The summed E-state index contributed by atoms with van der Waals surface area (Å²) in [4.78, 5) is 0. The Morgan fingerprint density at radius 2 is 0.814 bits per heavy atom. The molecule has 0 saturated carbocycles. The Bertz CT molecular complexity index is 2240. The fraction of sp³-hybridized carbons (Fsp3) is 0. The second-order valence-electron chi connectivity index (χ2n) is 11.1. The first kappa shape index (κ1) is 25.1. The summed E-state index contributed by atoms with van der Waals surface area (Å²) in [6.07, 6.45) is 0. The van der Waals surface area contributed by atoms with Gasteiger partial charge in [-0.3, -0.25) is 0 Å². The van der Waals surface area contributed by atoms with Crippen LogP contribution in [-0.2, 0) is 0 Å². The number of hydrogen-bond donors (Lipinski definition) is 1. The number of anilines is 2. The van der Waals surface area contributed by atoms with Gasteiger partial charge in [-0.1, -0.05) is 133 Å². The molecule has 0 aliphatic carbocycles. The van der Waals surface area contributed by atoms with E-state index in [9.17, 15) is 0 Å². The largest absolute Gasteiger partial charge is 0.356 e. The standard InChI is InChI=1S/C42H29N/c1-2-10-32-27-33(18-17-29(32)9-1)30-19-23-35(24-20-30)43-36-25-21-31(22-26-36)37-12-5-6-15-40(37)42-28-34-11-3-4-13-38(34)39-14-7-8-16-41(39)42/h1-28,43H. The van der Waals surface area contributed by atoms with E-state index in [1.165, 1.54) is 65.7 Å². The van der Waals surface area contributed by atoms with Crippen LogP contribution in [0.4, 0.5) is 11.4 Å². The van der Waals surface area contributed by atoms with Gasteiger partial charge in [0.1, 0.15) is 0 Å². The average Bonchev–Trinajstić information content (AvgIpc) is 3.08. The number of rotatable bonds is 5. The molecule has 0 fully saturated rings. The van der Waals surface area contributed by atoms with Crippen molar-refractivity contribution in [3.8, 4) is 33.4 Å². The van der Waals surface area contributed by atoms with E-state index in [0.29, 0.717) is 0 Å². The molecule has 0 saturated heterocycles. The summed E-state index contributed by atoms with van der Waals surface area (Å²) in [5, 5.41) is 11.2. The summed E-state index contributed by atoms with van der Waals surface area (Å²) in [6, 6.07) is 61.1. The molecule has 8 rings (SSSR count). The maximum atomic E-state index is 3.58. The average molecular weight is 548 g/mol. The molecule has 0 heterocycles. The van der Waals surface area contributed by atoms with Crippen molar-refractivity contribution >= 4 is 43.7 Å². The van der Waals surface area contributed by atoms with Gasteiger partial charge in [-0.2, -0.15) is 0 Å². The Balaban J connectivity index is 1.08. The second kappa shape index (κ2) is 10.6. The maximum Gasteiger partial charge on any atom is 0.0384 e. The van der Waals surface area contributed by atoms with Crippen LogP contribution in [0.25, 0.3) is 65.7 Å². The molecular formula is C42H29N. The summed E-state index contributed by atoms with van der Waals surface area (Å²) in [5.41, 5.74) is 9.51. The van der Waals surface area contributed by atoms with Gasteiger partial charge in [-0.05, 0) is 102 Å². The molecule has 8 aromatic rings. The summed E-state index contributed by atoms with van der Waals surface area (Å²) in [5.74, 6) is 0. The topological polar surface area (TPSA) is 12.0 Å². The van der Waals surface area contributed by atoms with Crippen LogP contribution in [0.1, 0.15) is 0 Å². The van der Waals surface area contributed by atoms with Crippen molar-refractivity contribution in [2.75, 3.05) is 5.32 Å². The first-order valence-electron chi connectivity index (χ1n) is 14.8. The lowest BCUT2D eigenvalue weighted by atomic mass is 9.89. The molecule has 0 aliphatic heterocycles. The monoisotopic (exact) mass is 547 g/mol. The van der Waals surface area contributed by atoms with Crippen molar-refractivity contribution in [2.24, 2.45) is 0 Å². The van der Waals surface area contributed by atoms with Gasteiger partial charge in [-0.25, -0.2) is 0 Å². The highest BCUT2D eigenvalue weighted by atomic mass is 14.9. The van der Waals surface area contributed by atoms with Gasteiger partial charge in [0.15, 0.2) is 0 Å². The van der Waals surface area contributed by atoms with Gasteiger partial charge < -0.3 is 5.32 Å². The SMILES string of the molecule is c1ccc(-c2cc3ccccc3c3ccccc23)c(-c2ccc(Nc3ccc(-c4ccc5ccccc5c4)cc3)cc2)c1. The maximum absolute atomic E-state index is 3.58. The first-order valence-corrected chi connectivity index (χ1v) is 14.8. The molecule has 0 amide bonds. The molecule has 43 heavy (non-hydrogen) atoms. The minimum atomic E-state index is 1.07. The molecule has 1 heteroatoms. The van der Waals surface area contributed by atoms with Crippen molar-refractivity contribution < 1.29 is 0 Å². The van der Waals surface area contributed by atoms with Crippen molar-refractivity contribution in [3.63, 3.8) is 0 Å². The summed E-state index contributed by atoms with van der Waals surface area (Å²) >= 11 is 0. The minimum Gasteiger partial charge on any atom is -0.356 e. The molecule has 0 unspecified atom stereocenters. The van der Waals surface area contributed by atoms with E-state index >= 15 is 0 Å². The zero-order valence-electron chi connectivity index (χ0n) is 23.7. The molecule has 1 N–H and O–H groups in total. The molecule has 0 spiro atoms. The van der Waals surface area contributed by atoms with E-state index in [0.717, 1.165) is 11.4 Å². The van der Waals surface area contributed by atoms with E-state index in [2.05, 4.69) is 175 Å². The van der Waals surface area contributed by atoms with E-state index in [1.807, 2.05) is 0 Å². The quantitative estimate of drug-likeness (QED) is 0.211. The molecule has 0 radical (unpaired) electrons. The lowest BCUT2D eigenvalue weighted by molar-refractivity contribution is 1.53. The lowest BCUT2D eigenvalue weighted by Crippen LogP contribution is -1.91. The van der Waals surface area contributed by atoms with Crippen molar-refractivity contribution in [3.05, 3.63) is 170 Å². The second-order valence-corrected chi connectivity index (χ2v) is 11.1.